The van der Waals surface area contributed by atoms with E-state index in [1.165, 1.54) is 4.90 Å². The molecular formula is C26H21BrN4O2S. The Labute approximate surface area is 210 Å². The van der Waals surface area contributed by atoms with Gasteiger partial charge in [-0.15, -0.1) is 0 Å². The van der Waals surface area contributed by atoms with Gasteiger partial charge < -0.3 is 0 Å². The number of anilines is 1. The maximum atomic E-state index is 13.1. The highest BCUT2D eigenvalue weighted by Crippen LogP contribution is 2.38. The number of benzene rings is 3. The van der Waals surface area contributed by atoms with Crippen LogP contribution in [0.4, 0.5) is 5.69 Å². The van der Waals surface area contributed by atoms with Gasteiger partial charge in [-0.25, -0.2) is 9.91 Å². The van der Waals surface area contributed by atoms with Gasteiger partial charge in [-0.05, 0) is 29.3 Å². The van der Waals surface area contributed by atoms with Gasteiger partial charge in [0, 0.05) is 17.3 Å². The summed E-state index contributed by atoms with van der Waals surface area (Å²) in [5.41, 5.74) is 3.49. The van der Waals surface area contributed by atoms with E-state index < -0.39 is 5.25 Å². The summed E-state index contributed by atoms with van der Waals surface area (Å²) in [5.74, 6) is -0.566. The lowest BCUT2D eigenvalue weighted by Crippen LogP contribution is -2.32. The normalized spacial score (nSPS) is 20.1. The lowest BCUT2D eigenvalue weighted by molar-refractivity contribution is -0.121. The van der Waals surface area contributed by atoms with Gasteiger partial charge in [0.1, 0.15) is 5.25 Å². The number of hydrogen-bond donors (Lipinski definition) is 1. The lowest BCUT2D eigenvalue weighted by Gasteiger charge is -2.24. The Hall–Kier alpha value is -3.23. The number of carbonyl (C=O) groups excluding carboxylic acids is 2. The molecule has 2 amide bonds. The fourth-order valence-electron chi connectivity index (χ4n) is 4.21. The summed E-state index contributed by atoms with van der Waals surface area (Å²) in [4.78, 5) is 27.0. The number of nitrogens with zero attached hydrogens (tertiary/aromatic N) is 3. The molecule has 3 aromatic rings. The third-order valence-electron chi connectivity index (χ3n) is 5.84. The van der Waals surface area contributed by atoms with Gasteiger partial charge in [0.15, 0.2) is 5.17 Å². The van der Waals surface area contributed by atoms with Crippen LogP contribution in [0.25, 0.3) is 0 Å². The minimum absolute atomic E-state index is 0.0531. The van der Waals surface area contributed by atoms with Crippen molar-refractivity contribution >= 4 is 56.1 Å². The predicted octanol–water partition coefficient (Wildman–Crippen LogP) is 5.60. The molecule has 3 aromatic carbocycles. The van der Waals surface area contributed by atoms with E-state index >= 15 is 0 Å². The molecule has 1 saturated heterocycles. The topological polar surface area (TPSA) is 76.8 Å². The molecule has 2 aliphatic rings. The van der Waals surface area contributed by atoms with Crippen LogP contribution in [0.1, 0.15) is 30.0 Å². The second-order valence-electron chi connectivity index (χ2n) is 8.05. The summed E-state index contributed by atoms with van der Waals surface area (Å²) in [6, 6.07) is 26.8. The van der Waals surface area contributed by atoms with Crippen LogP contribution in [0.3, 0.4) is 0 Å². The van der Waals surface area contributed by atoms with Crippen molar-refractivity contribution in [3.05, 3.63) is 101 Å². The largest absolute Gasteiger partial charge is 0.277 e. The first-order chi connectivity index (χ1) is 16.5. The number of halogens is 1. The molecule has 2 heterocycles. The number of thioether (sulfide) groups is 1. The molecule has 8 heteroatoms. The minimum Gasteiger partial charge on any atom is -0.277 e. The molecule has 0 spiro atoms. The quantitative estimate of drug-likeness (QED) is 0.269. The van der Waals surface area contributed by atoms with Crippen LogP contribution < -0.4 is 4.90 Å². The molecule has 2 unspecified atom stereocenters. The van der Waals surface area contributed by atoms with Crippen molar-refractivity contribution in [3.63, 3.8) is 0 Å². The highest BCUT2D eigenvalue weighted by atomic mass is 79.9. The van der Waals surface area contributed by atoms with Crippen molar-refractivity contribution in [2.45, 2.75) is 24.1 Å². The monoisotopic (exact) mass is 532 g/mol. The minimum atomic E-state index is -0.661. The van der Waals surface area contributed by atoms with E-state index in [9.17, 15) is 9.59 Å². The summed E-state index contributed by atoms with van der Waals surface area (Å²) in [5, 5.41) is 14.8. The molecule has 0 radical (unpaired) electrons. The van der Waals surface area contributed by atoms with Crippen molar-refractivity contribution in [1.82, 2.24) is 5.01 Å². The standard InChI is InChI=1S/C26H21BrN4O2S/c27-19-12-7-13-20(14-19)30-24(32)16-23(25(30)33)34-26(28)31-22(18-10-5-2-6-11-18)15-21(29-31)17-8-3-1-4-9-17/h1-14,22-23,28H,15-16H2. The third kappa shape index (κ3) is 4.43. The zero-order chi connectivity index (χ0) is 23.7. The van der Waals surface area contributed by atoms with Crippen LogP contribution >= 0.6 is 27.7 Å². The van der Waals surface area contributed by atoms with E-state index in [0.29, 0.717) is 12.1 Å². The van der Waals surface area contributed by atoms with E-state index in [1.807, 2.05) is 66.7 Å². The van der Waals surface area contributed by atoms with Gasteiger partial charge in [0.25, 0.3) is 0 Å². The zero-order valence-corrected chi connectivity index (χ0v) is 20.5. The average molecular weight is 533 g/mol. The van der Waals surface area contributed by atoms with E-state index in [1.54, 1.807) is 23.2 Å². The van der Waals surface area contributed by atoms with E-state index in [0.717, 1.165) is 33.1 Å². The highest BCUT2D eigenvalue weighted by Gasteiger charge is 2.42. The Morgan fingerprint density at radius 3 is 2.35 bits per heavy atom. The van der Waals surface area contributed by atoms with Gasteiger partial charge in [-0.1, -0.05) is 94.4 Å². The maximum Gasteiger partial charge on any atom is 0.247 e. The Kier molecular flexibility index (Phi) is 6.34. The van der Waals surface area contributed by atoms with Gasteiger partial charge in [-0.2, -0.15) is 5.10 Å². The van der Waals surface area contributed by atoms with Crippen LogP contribution in [0.5, 0.6) is 0 Å². The fourth-order valence-corrected chi connectivity index (χ4v) is 5.57. The van der Waals surface area contributed by atoms with Crippen LogP contribution in [0.15, 0.2) is 94.5 Å². The summed E-state index contributed by atoms with van der Waals surface area (Å²) >= 11 is 4.49. The first-order valence-corrected chi connectivity index (χ1v) is 12.5. The molecule has 34 heavy (non-hydrogen) atoms. The molecule has 1 fully saturated rings. The number of imide groups is 1. The first-order valence-electron chi connectivity index (χ1n) is 10.9. The third-order valence-corrected chi connectivity index (χ3v) is 7.39. The van der Waals surface area contributed by atoms with E-state index in [2.05, 4.69) is 15.9 Å². The molecule has 170 valence electrons. The molecule has 5 rings (SSSR count). The smallest absolute Gasteiger partial charge is 0.247 e. The Balaban J connectivity index is 1.39. The van der Waals surface area contributed by atoms with E-state index in [4.69, 9.17) is 10.5 Å². The highest BCUT2D eigenvalue weighted by molar-refractivity contribution is 9.10. The van der Waals surface area contributed by atoms with Crippen LogP contribution in [0, 0.1) is 5.41 Å². The fraction of sp³-hybridized carbons (Fsp3) is 0.154. The zero-order valence-electron chi connectivity index (χ0n) is 18.1. The lowest BCUT2D eigenvalue weighted by atomic mass is 9.99. The summed E-state index contributed by atoms with van der Waals surface area (Å²) in [7, 11) is 0. The number of amidine groups is 1. The Morgan fingerprint density at radius 2 is 1.65 bits per heavy atom. The van der Waals surface area contributed by atoms with Crippen LogP contribution in [-0.2, 0) is 9.59 Å². The summed E-state index contributed by atoms with van der Waals surface area (Å²) < 4.78 is 0.792. The second-order valence-corrected chi connectivity index (χ2v) is 10.2. The summed E-state index contributed by atoms with van der Waals surface area (Å²) in [6.45, 7) is 0. The van der Waals surface area contributed by atoms with Crippen LogP contribution in [0.2, 0.25) is 0 Å². The van der Waals surface area contributed by atoms with E-state index in [-0.39, 0.29) is 29.4 Å². The molecule has 0 bridgehead atoms. The van der Waals surface area contributed by atoms with Crippen molar-refractivity contribution < 1.29 is 9.59 Å². The Morgan fingerprint density at radius 1 is 0.941 bits per heavy atom. The molecule has 6 nitrogen and oxygen atoms in total. The number of rotatable bonds is 4. The van der Waals surface area contributed by atoms with Crippen molar-refractivity contribution in [3.8, 4) is 0 Å². The first kappa shape index (κ1) is 22.6. The van der Waals surface area contributed by atoms with Crippen molar-refractivity contribution in [2.75, 3.05) is 4.90 Å². The number of carbonyl (C=O) groups is 2. The predicted molar refractivity (Wildman–Crippen MR) is 139 cm³/mol. The second kappa shape index (κ2) is 9.56. The molecule has 0 saturated carbocycles. The van der Waals surface area contributed by atoms with Gasteiger partial charge in [-0.3, -0.25) is 15.0 Å². The Bertz CT molecular complexity index is 1280. The molecule has 1 N–H and O–H groups in total. The molecule has 2 atom stereocenters. The van der Waals surface area contributed by atoms with Gasteiger partial charge in [0.2, 0.25) is 11.8 Å². The SMILES string of the molecule is N=C(SC1CC(=O)N(c2cccc(Br)c2)C1=O)N1N=C(c2ccccc2)CC1c1ccccc1. The summed E-state index contributed by atoms with van der Waals surface area (Å²) in [6.07, 6.45) is 0.705. The number of hydrazone groups is 1. The van der Waals surface area contributed by atoms with Crippen molar-refractivity contribution in [1.29, 1.82) is 5.41 Å². The van der Waals surface area contributed by atoms with Gasteiger partial charge >= 0.3 is 0 Å². The number of hydrogen-bond acceptors (Lipinski definition) is 5. The molecule has 0 aromatic heterocycles. The van der Waals surface area contributed by atoms with Gasteiger partial charge in [0.05, 0.1) is 17.4 Å². The molecule has 0 aliphatic carbocycles. The van der Waals surface area contributed by atoms with Crippen LogP contribution in [-0.4, -0.2) is 33.0 Å². The number of amides is 2. The maximum absolute atomic E-state index is 13.1. The number of nitrogens with one attached hydrogen (secondary N) is 1. The molecule has 2 aliphatic heterocycles. The molecular weight excluding hydrogens is 512 g/mol. The van der Waals surface area contributed by atoms with Crippen molar-refractivity contribution in [2.24, 2.45) is 5.10 Å². The average Bonchev–Trinajstić information content (AvgIpc) is 3.41.